The highest BCUT2D eigenvalue weighted by molar-refractivity contribution is 9.10. The Morgan fingerprint density at radius 2 is 1.69 bits per heavy atom. The molecule has 0 unspecified atom stereocenters. The summed E-state index contributed by atoms with van der Waals surface area (Å²) in [6, 6.07) is 17.9. The third kappa shape index (κ3) is 2.66. The molecule has 2 aromatic carbocycles. The monoisotopic (exact) mass is 289 g/mol. The van der Waals surface area contributed by atoms with E-state index in [1.807, 2.05) is 48.5 Å². The molecule has 2 rings (SSSR count). The molecule has 0 N–H and O–H groups in total. The zero-order valence-corrected chi connectivity index (χ0v) is 10.8. The minimum Gasteiger partial charge on any atom is -0.192 e. The zero-order valence-electron chi connectivity index (χ0n) is 8.35. The van der Waals surface area contributed by atoms with Crippen LogP contribution < -0.4 is 0 Å². The summed E-state index contributed by atoms with van der Waals surface area (Å²) < 4.78 is 1.06. The first-order valence-corrected chi connectivity index (χ1v) is 6.33. The summed E-state index contributed by atoms with van der Waals surface area (Å²) in [4.78, 5) is 2.12. The largest absolute Gasteiger partial charge is 0.192 e. The molecule has 0 amide bonds. The molecular formula is C13H8BrNS. The van der Waals surface area contributed by atoms with Crippen molar-refractivity contribution in [3.8, 4) is 6.07 Å². The second kappa shape index (κ2) is 5.20. The molecule has 0 spiro atoms. The second-order valence-electron chi connectivity index (χ2n) is 3.16. The molecule has 0 aromatic heterocycles. The summed E-state index contributed by atoms with van der Waals surface area (Å²) in [5, 5.41) is 8.97. The van der Waals surface area contributed by atoms with Crippen LogP contribution in [-0.4, -0.2) is 0 Å². The first-order chi connectivity index (χ1) is 7.79. The highest BCUT2D eigenvalue weighted by Gasteiger charge is 2.02. The summed E-state index contributed by atoms with van der Waals surface area (Å²) in [6.07, 6.45) is 0. The van der Waals surface area contributed by atoms with Gasteiger partial charge >= 0.3 is 0 Å². The Hall–Kier alpha value is -1.24. The molecule has 0 aliphatic rings. The van der Waals surface area contributed by atoms with Crippen molar-refractivity contribution in [3.05, 3.63) is 58.6 Å². The molecule has 0 bridgehead atoms. The van der Waals surface area contributed by atoms with E-state index >= 15 is 0 Å². The predicted octanol–water partition coefficient (Wildman–Crippen LogP) is 4.47. The molecule has 0 fully saturated rings. The highest BCUT2D eigenvalue weighted by atomic mass is 79.9. The smallest absolute Gasteiger partial charge is 0.100 e. The Kier molecular flexibility index (Phi) is 3.66. The van der Waals surface area contributed by atoms with Crippen molar-refractivity contribution in [3.63, 3.8) is 0 Å². The van der Waals surface area contributed by atoms with E-state index in [9.17, 15) is 0 Å². The lowest BCUT2D eigenvalue weighted by atomic mass is 10.2. The Labute approximate surface area is 107 Å². The van der Waals surface area contributed by atoms with Gasteiger partial charge in [-0.15, -0.1) is 0 Å². The van der Waals surface area contributed by atoms with Gasteiger partial charge in [0.1, 0.15) is 6.07 Å². The molecule has 0 atom stereocenters. The second-order valence-corrected chi connectivity index (χ2v) is 5.19. The van der Waals surface area contributed by atoms with Crippen molar-refractivity contribution >= 4 is 27.7 Å². The van der Waals surface area contributed by atoms with Gasteiger partial charge in [-0.05, 0) is 36.4 Å². The third-order valence-electron chi connectivity index (χ3n) is 2.05. The van der Waals surface area contributed by atoms with Crippen LogP contribution in [0, 0.1) is 11.3 Å². The van der Waals surface area contributed by atoms with Crippen LogP contribution in [0.3, 0.4) is 0 Å². The van der Waals surface area contributed by atoms with E-state index in [2.05, 4.69) is 22.0 Å². The van der Waals surface area contributed by atoms with Crippen LogP contribution in [0.15, 0.2) is 62.8 Å². The number of rotatable bonds is 2. The Morgan fingerprint density at radius 1 is 1.00 bits per heavy atom. The van der Waals surface area contributed by atoms with Gasteiger partial charge in [-0.2, -0.15) is 5.26 Å². The van der Waals surface area contributed by atoms with E-state index in [1.165, 1.54) is 0 Å². The van der Waals surface area contributed by atoms with E-state index in [4.69, 9.17) is 5.26 Å². The van der Waals surface area contributed by atoms with E-state index in [-0.39, 0.29) is 0 Å². The zero-order chi connectivity index (χ0) is 11.4. The first-order valence-electron chi connectivity index (χ1n) is 4.72. The van der Waals surface area contributed by atoms with Crippen LogP contribution in [0.5, 0.6) is 0 Å². The van der Waals surface area contributed by atoms with Gasteiger partial charge in [0, 0.05) is 14.3 Å². The van der Waals surface area contributed by atoms with Crippen LogP contribution >= 0.6 is 27.7 Å². The molecule has 3 heteroatoms. The molecule has 0 aliphatic heterocycles. The van der Waals surface area contributed by atoms with Crippen LogP contribution in [-0.2, 0) is 0 Å². The topological polar surface area (TPSA) is 23.8 Å². The van der Waals surface area contributed by atoms with E-state index < -0.39 is 0 Å². The summed E-state index contributed by atoms with van der Waals surface area (Å²) in [7, 11) is 0. The quantitative estimate of drug-likeness (QED) is 0.814. The molecule has 1 nitrogen and oxygen atoms in total. The molecule has 0 saturated heterocycles. The molecular weight excluding hydrogens is 282 g/mol. The number of hydrogen-bond donors (Lipinski definition) is 0. The van der Waals surface area contributed by atoms with Crippen molar-refractivity contribution in [1.82, 2.24) is 0 Å². The fourth-order valence-corrected chi connectivity index (χ4v) is 2.44. The molecule has 16 heavy (non-hydrogen) atoms. The molecule has 0 aliphatic carbocycles. The van der Waals surface area contributed by atoms with Crippen molar-refractivity contribution in [2.24, 2.45) is 0 Å². The molecule has 2 aromatic rings. The van der Waals surface area contributed by atoms with Gasteiger partial charge in [0.05, 0.1) is 5.56 Å². The summed E-state index contributed by atoms with van der Waals surface area (Å²) >= 11 is 5.00. The van der Waals surface area contributed by atoms with Gasteiger partial charge in [-0.3, -0.25) is 0 Å². The lowest BCUT2D eigenvalue weighted by Crippen LogP contribution is -1.79. The lowest BCUT2D eigenvalue weighted by Gasteiger charge is -2.03. The van der Waals surface area contributed by atoms with Crippen LogP contribution in [0.4, 0.5) is 0 Å². The van der Waals surface area contributed by atoms with Crippen LogP contribution in [0.1, 0.15) is 5.56 Å². The Balaban J connectivity index is 2.27. The molecule has 0 heterocycles. The fourth-order valence-electron chi connectivity index (χ4n) is 1.28. The van der Waals surface area contributed by atoms with Gasteiger partial charge in [-0.25, -0.2) is 0 Å². The van der Waals surface area contributed by atoms with Crippen molar-refractivity contribution in [2.45, 2.75) is 9.79 Å². The standard InChI is InChI=1S/C13H8BrNS/c14-11-5-7-12(8-6-11)16-13-4-2-1-3-10(13)9-15/h1-8H. The number of nitriles is 1. The maximum absolute atomic E-state index is 8.97. The highest BCUT2D eigenvalue weighted by Crippen LogP contribution is 2.30. The van der Waals surface area contributed by atoms with E-state index in [1.54, 1.807) is 11.8 Å². The van der Waals surface area contributed by atoms with E-state index in [0.29, 0.717) is 0 Å². The van der Waals surface area contributed by atoms with Crippen molar-refractivity contribution in [1.29, 1.82) is 5.26 Å². The normalized spacial score (nSPS) is 9.75. The molecule has 0 saturated carbocycles. The van der Waals surface area contributed by atoms with Crippen molar-refractivity contribution < 1.29 is 0 Å². The maximum atomic E-state index is 8.97. The average molecular weight is 290 g/mol. The summed E-state index contributed by atoms with van der Waals surface area (Å²) in [6.45, 7) is 0. The van der Waals surface area contributed by atoms with Crippen LogP contribution in [0.25, 0.3) is 0 Å². The summed E-state index contributed by atoms with van der Waals surface area (Å²) in [5.74, 6) is 0. The lowest BCUT2D eigenvalue weighted by molar-refractivity contribution is 1.35. The SMILES string of the molecule is N#Cc1ccccc1Sc1ccc(Br)cc1. The Morgan fingerprint density at radius 3 is 2.38 bits per heavy atom. The molecule has 78 valence electrons. The minimum absolute atomic E-state index is 0.718. The minimum atomic E-state index is 0.718. The van der Waals surface area contributed by atoms with E-state index in [0.717, 1.165) is 19.8 Å². The van der Waals surface area contributed by atoms with Crippen LogP contribution in [0.2, 0.25) is 0 Å². The predicted molar refractivity (Wildman–Crippen MR) is 69.4 cm³/mol. The maximum Gasteiger partial charge on any atom is 0.100 e. The van der Waals surface area contributed by atoms with Gasteiger partial charge in [0.2, 0.25) is 0 Å². The first kappa shape index (κ1) is 11.3. The number of nitrogens with zero attached hydrogens (tertiary/aromatic N) is 1. The number of hydrogen-bond acceptors (Lipinski definition) is 2. The van der Waals surface area contributed by atoms with Gasteiger partial charge in [-0.1, -0.05) is 39.8 Å². The van der Waals surface area contributed by atoms with Gasteiger partial charge in [0.15, 0.2) is 0 Å². The third-order valence-corrected chi connectivity index (χ3v) is 3.66. The van der Waals surface area contributed by atoms with Crippen molar-refractivity contribution in [2.75, 3.05) is 0 Å². The number of halogens is 1. The fraction of sp³-hybridized carbons (Fsp3) is 0. The Bertz CT molecular complexity index is 528. The molecule has 0 radical (unpaired) electrons. The average Bonchev–Trinajstić information content (AvgIpc) is 2.33. The summed E-state index contributed by atoms with van der Waals surface area (Å²) in [5.41, 5.74) is 0.718. The number of benzene rings is 2. The van der Waals surface area contributed by atoms with Gasteiger partial charge < -0.3 is 0 Å². The van der Waals surface area contributed by atoms with Gasteiger partial charge in [0.25, 0.3) is 0 Å².